The van der Waals surface area contributed by atoms with Crippen molar-refractivity contribution in [3.8, 4) is 0 Å². The second-order valence-electron chi connectivity index (χ2n) is 8.07. The van der Waals surface area contributed by atoms with E-state index in [1.807, 2.05) is 30.3 Å². The minimum Gasteiger partial charge on any atom is -0.294 e. The minimum atomic E-state index is -0.392. The molecule has 0 amide bonds. The number of ketones is 1. The van der Waals surface area contributed by atoms with Crippen LogP contribution in [0.4, 0.5) is 0 Å². The summed E-state index contributed by atoms with van der Waals surface area (Å²) in [6, 6.07) is 18.8. The van der Waals surface area contributed by atoms with Gasteiger partial charge in [0.05, 0.1) is 5.41 Å². The maximum atomic E-state index is 13.0. The van der Waals surface area contributed by atoms with E-state index in [-0.39, 0.29) is 11.2 Å². The highest BCUT2D eigenvalue weighted by Crippen LogP contribution is 2.41. The molecule has 2 aromatic rings. The van der Waals surface area contributed by atoms with Gasteiger partial charge in [-0.2, -0.15) is 0 Å². The topological polar surface area (TPSA) is 17.1 Å². The maximum absolute atomic E-state index is 13.0. The van der Waals surface area contributed by atoms with Crippen LogP contribution in [-0.4, -0.2) is 5.78 Å². The van der Waals surface area contributed by atoms with Crippen molar-refractivity contribution in [3.05, 3.63) is 76.9 Å². The van der Waals surface area contributed by atoms with Gasteiger partial charge in [-0.3, -0.25) is 4.79 Å². The monoisotopic (exact) mass is 318 g/mol. The summed E-state index contributed by atoms with van der Waals surface area (Å²) in [6.45, 7) is 8.73. The van der Waals surface area contributed by atoms with E-state index in [9.17, 15) is 4.79 Å². The number of rotatable bonds is 2. The summed E-state index contributed by atoms with van der Waals surface area (Å²) in [7, 11) is 0. The van der Waals surface area contributed by atoms with Crippen molar-refractivity contribution < 1.29 is 4.79 Å². The lowest BCUT2D eigenvalue weighted by atomic mass is 9.78. The Balaban J connectivity index is 1.89. The Morgan fingerprint density at radius 3 is 2.17 bits per heavy atom. The average molecular weight is 318 g/mol. The van der Waals surface area contributed by atoms with Crippen LogP contribution >= 0.6 is 0 Å². The van der Waals surface area contributed by atoms with Crippen molar-refractivity contribution in [1.29, 1.82) is 0 Å². The third-order valence-corrected chi connectivity index (χ3v) is 5.22. The predicted octanol–water partition coefficient (Wildman–Crippen LogP) is 5.69. The van der Waals surface area contributed by atoms with Gasteiger partial charge in [-0.15, -0.1) is 0 Å². The quantitative estimate of drug-likeness (QED) is 0.650. The number of allylic oxidation sites excluding steroid dienone is 1. The molecule has 0 bridgehead atoms. The molecule has 0 aromatic heterocycles. The molecule has 24 heavy (non-hydrogen) atoms. The molecule has 2 aromatic carbocycles. The summed E-state index contributed by atoms with van der Waals surface area (Å²) in [6.07, 6.45) is 3.79. The Hall–Kier alpha value is -2.15. The first kappa shape index (κ1) is 16.7. The fourth-order valence-electron chi connectivity index (χ4n) is 3.47. The van der Waals surface area contributed by atoms with Gasteiger partial charge in [0.15, 0.2) is 5.78 Å². The fraction of sp³-hybridized carbons (Fsp3) is 0.348. The first-order valence-electron chi connectivity index (χ1n) is 8.72. The summed E-state index contributed by atoms with van der Waals surface area (Å²) in [4.78, 5) is 13.0. The van der Waals surface area contributed by atoms with Gasteiger partial charge in [0.1, 0.15) is 0 Å². The lowest BCUT2D eigenvalue weighted by Crippen LogP contribution is -2.27. The third-order valence-electron chi connectivity index (χ3n) is 5.22. The van der Waals surface area contributed by atoms with Crippen molar-refractivity contribution in [1.82, 2.24) is 0 Å². The molecule has 124 valence electrons. The highest BCUT2D eigenvalue weighted by atomic mass is 16.1. The van der Waals surface area contributed by atoms with Crippen LogP contribution in [0.25, 0.3) is 6.08 Å². The van der Waals surface area contributed by atoms with E-state index >= 15 is 0 Å². The SMILES string of the molecule is CC(C)(C)c1ccc(C2(C)CC/C(=C\c3ccccc3)C2=O)cc1. The summed E-state index contributed by atoms with van der Waals surface area (Å²) in [5.74, 6) is 0.273. The van der Waals surface area contributed by atoms with Gasteiger partial charge in [-0.25, -0.2) is 0 Å². The zero-order chi connectivity index (χ0) is 17.4. The lowest BCUT2D eigenvalue weighted by Gasteiger charge is -2.25. The standard InChI is InChI=1S/C23H26O/c1-22(2,3)19-10-12-20(13-11-19)23(4)15-14-18(21(23)24)16-17-8-6-5-7-9-17/h5-13,16H,14-15H2,1-4H3/b18-16+. The Labute approximate surface area is 145 Å². The molecule has 3 rings (SSSR count). The molecule has 1 fully saturated rings. The van der Waals surface area contributed by atoms with Gasteiger partial charge in [0.2, 0.25) is 0 Å². The summed E-state index contributed by atoms with van der Waals surface area (Å²) in [5, 5.41) is 0. The van der Waals surface area contributed by atoms with Gasteiger partial charge < -0.3 is 0 Å². The van der Waals surface area contributed by atoms with Crippen molar-refractivity contribution in [2.45, 2.75) is 51.4 Å². The average Bonchev–Trinajstić information content (AvgIpc) is 2.85. The van der Waals surface area contributed by atoms with Crippen LogP contribution in [0.15, 0.2) is 60.2 Å². The normalized spacial score (nSPS) is 23.0. The molecule has 1 aliphatic rings. The van der Waals surface area contributed by atoms with Crippen LogP contribution in [-0.2, 0) is 15.6 Å². The predicted molar refractivity (Wildman–Crippen MR) is 101 cm³/mol. The van der Waals surface area contributed by atoms with Crippen LogP contribution in [0.1, 0.15) is 57.2 Å². The van der Waals surface area contributed by atoms with Gasteiger partial charge in [-0.1, -0.05) is 75.4 Å². The Bertz CT molecular complexity index is 760. The number of Topliss-reactive ketones (excluding diaryl/α,β-unsaturated/α-hetero) is 1. The van der Waals surface area contributed by atoms with Gasteiger partial charge in [-0.05, 0) is 53.5 Å². The van der Waals surface area contributed by atoms with Crippen LogP contribution in [0.3, 0.4) is 0 Å². The maximum Gasteiger partial charge on any atom is 0.169 e. The molecule has 0 aliphatic heterocycles. The molecule has 0 heterocycles. The van der Waals surface area contributed by atoms with E-state index in [0.717, 1.165) is 29.5 Å². The fourth-order valence-corrected chi connectivity index (χ4v) is 3.47. The molecule has 1 aliphatic carbocycles. The van der Waals surface area contributed by atoms with E-state index in [4.69, 9.17) is 0 Å². The molecule has 1 saturated carbocycles. The van der Waals surface area contributed by atoms with E-state index in [1.165, 1.54) is 5.56 Å². The summed E-state index contributed by atoms with van der Waals surface area (Å²) < 4.78 is 0. The number of carbonyl (C=O) groups is 1. The van der Waals surface area contributed by atoms with Crippen LogP contribution in [0, 0.1) is 0 Å². The Kier molecular flexibility index (Phi) is 4.21. The van der Waals surface area contributed by atoms with Crippen LogP contribution in [0.5, 0.6) is 0 Å². The number of hydrogen-bond donors (Lipinski definition) is 0. The highest BCUT2D eigenvalue weighted by Gasteiger charge is 2.42. The van der Waals surface area contributed by atoms with E-state index in [1.54, 1.807) is 0 Å². The molecule has 0 N–H and O–H groups in total. The van der Waals surface area contributed by atoms with E-state index < -0.39 is 5.41 Å². The zero-order valence-corrected chi connectivity index (χ0v) is 15.1. The van der Waals surface area contributed by atoms with Crippen LogP contribution < -0.4 is 0 Å². The number of hydrogen-bond acceptors (Lipinski definition) is 1. The van der Waals surface area contributed by atoms with Crippen molar-refractivity contribution in [2.24, 2.45) is 0 Å². The molecule has 1 unspecified atom stereocenters. The number of benzene rings is 2. The second-order valence-corrected chi connectivity index (χ2v) is 8.07. The molecule has 1 heteroatoms. The zero-order valence-electron chi connectivity index (χ0n) is 15.1. The summed E-state index contributed by atoms with van der Waals surface area (Å²) in [5.41, 5.74) is 4.24. The van der Waals surface area contributed by atoms with Gasteiger partial charge in [0.25, 0.3) is 0 Å². The molecular formula is C23H26O. The minimum absolute atomic E-state index is 0.136. The largest absolute Gasteiger partial charge is 0.294 e. The van der Waals surface area contributed by atoms with Crippen molar-refractivity contribution >= 4 is 11.9 Å². The number of carbonyl (C=O) groups excluding carboxylic acids is 1. The van der Waals surface area contributed by atoms with Gasteiger partial charge >= 0.3 is 0 Å². The van der Waals surface area contributed by atoms with E-state index in [0.29, 0.717) is 0 Å². The molecule has 0 radical (unpaired) electrons. The molecule has 0 saturated heterocycles. The Morgan fingerprint density at radius 1 is 0.958 bits per heavy atom. The van der Waals surface area contributed by atoms with E-state index in [2.05, 4.69) is 58.0 Å². The smallest absolute Gasteiger partial charge is 0.169 e. The first-order chi connectivity index (χ1) is 11.3. The van der Waals surface area contributed by atoms with Crippen LogP contribution in [0.2, 0.25) is 0 Å². The molecular weight excluding hydrogens is 292 g/mol. The second kappa shape index (κ2) is 6.05. The highest BCUT2D eigenvalue weighted by molar-refractivity contribution is 6.08. The lowest BCUT2D eigenvalue weighted by molar-refractivity contribution is -0.118. The molecule has 0 spiro atoms. The van der Waals surface area contributed by atoms with Crippen molar-refractivity contribution in [2.75, 3.05) is 0 Å². The Morgan fingerprint density at radius 2 is 1.58 bits per heavy atom. The summed E-state index contributed by atoms with van der Waals surface area (Å²) >= 11 is 0. The van der Waals surface area contributed by atoms with Crippen molar-refractivity contribution in [3.63, 3.8) is 0 Å². The molecule has 1 atom stereocenters. The first-order valence-corrected chi connectivity index (χ1v) is 8.72. The molecule has 1 nitrogen and oxygen atoms in total. The third kappa shape index (κ3) is 3.08. The van der Waals surface area contributed by atoms with Gasteiger partial charge in [0, 0.05) is 0 Å².